The normalized spacial score (nSPS) is 18.2. The maximum absolute atomic E-state index is 11.3. The molecule has 6 nitrogen and oxygen atoms in total. The first-order valence-electron chi connectivity index (χ1n) is 6.04. The van der Waals surface area contributed by atoms with Crippen LogP contribution in [0, 0.1) is 0 Å². The number of hydrogen-bond acceptors (Lipinski definition) is 3. The predicted molar refractivity (Wildman–Crippen MR) is 66.4 cm³/mol. The third-order valence-corrected chi connectivity index (χ3v) is 3.59. The molecule has 2 aromatic heterocycles. The molecule has 1 aliphatic carbocycles. The highest BCUT2D eigenvalue weighted by Crippen LogP contribution is 2.37. The predicted octanol–water partition coefficient (Wildman–Crippen LogP) is 1.77. The molecule has 3 N–H and O–H groups in total. The minimum atomic E-state index is -1.11. The molecule has 0 aromatic carbocycles. The Morgan fingerprint density at radius 3 is 2.84 bits per heavy atom. The van der Waals surface area contributed by atoms with Crippen LogP contribution in [0.4, 0.5) is 0 Å². The molecule has 2 aromatic rings. The minimum Gasteiger partial charge on any atom is -0.481 e. The number of rotatable bonds is 2. The Bertz CT molecular complexity index is 689. The molecule has 0 spiro atoms. The van der Waals surface area contributed by atoms with E-state index in [1.165, 1.54) is 12.3 Å². The van der Waals surface area contributed by atoms with Crippen molar-refractivity contribution < 1.29 is 19.8 Å². The van der Waals surface area contributed by atoms with Crippen molar-refractivity contribution in [1.29, 1.82) is 0 Å². The molecule has 0 saturated heterocycles. The molecule has 19 heavy (non-hydrogen) atoms. The summed E-state index contributed by atoms with van der Waals surface area (Å²) in [6, 6.07) is 1.45. The van der Waals surface area contributed by atoms with Gasteiger partial charge in [0.1, 0.15) is 5.69 Å². The number of aromatic amines is 1. The number of aliphatic carboxylic acids is 1. The summed E-state index contributed by atoms with van der Waals surface area (Å²) in [6.45, 7) is 0. The number of nitrogens with zero attached hydrogens (tertiary/aromatic N) is 1. The molecule has 0 amide bonds. The number of carbonyl (C=O) groups is 2. The maximum Gasteiger partial charge on any atom is 0.354 e. The van der Waals surface area contributed by atoms with Gasteiger partial charge in [-0.1, -0.05) is 0 Å². The number of pyridine rings is 1. The van der Waals surface area contributed by atoms with Gasteiger partial charge in [0.2, 0.25) is 0 Å². The highest BCUT2D eigenvalue weighted by atomic mass is 16.4. The number of carboxylic acid groups (broad SMARTS) is 2. The zero-order valence-corrected chi connectivity index (χ0v) is 10.0. The first-order valence-corrected chi connectivity index (χ1v) is 6.04. The van der Waals surface area contributed by atoms with Gasteiger partial charge in [0.15, 0.2) is 0 Å². The summed E-state index contributed by atoms with van der Waals surface area (Å²) in [7, 11) is 0. The minimum absolute atomic E-state index is 0.0657. The summed E-state index contributed by atoms with van der Waals surface area (Å²) < 4.78 is 0. The summed E-state index contributed by atoms with van der Waals surface area (Å²) in [6.07, 6.45) is 3.64. The number of H-pyrrole nitrogens is 1. The van der Waals surface area contributed by atoms with Gasteiger partial charge in [0.05, 0.1) is 17.6 Å². The van der Waals surface area contributed by atoms with E-state index in [-0.39, 0.29) is 5.69 Å². The number of aryl methyl sites for hydroxylation is 1. The number of carboxylic acids is 2. The van der Waals surface area contributed by atoms with Crippen molar-refractivity contribution in [2.45, 2.75) is 25.2 Å². The first kappa shape index (κ1) is 11.7. The SMILES string of the molecule is O=C(O)c1cc2c3c([nH]c2cn1)CCCC3C(=O)O. The molecule has 0 bridgehead atoms. The van der Waals surface area contributed by atoms with Crippen LogP contribution in [-0.4, -0.2) is 32.1 Å². The Hall–Kier alpha value is -2.37. The number of nitrogens with one attached hydrogen (secondary N) is 1. The van der Waals surface area contributed by atoms with Crippen molar-refractivity contribution in [2.24, 2.45) is 0 Å². The van der Waals surface area contributed by atoms with E-state index < -0.39 is 17.9 Å². The monoisotopic (exact) mass is 260 g/mol. The average molecular weight is 260 g/mol. The van der Waals surface area contributed by atoms with Crippen molar-refractivity contribution in [3.05, 3.63) is 29.2 Å². The first-order chi connectivity index (χ1) is 9.08. The molecule has 2 heterocycles. The van der Waals surface area contributed by atoms with E-state index >= 15 is 0 Å². The van der Waals surface area contributed by atoms with Crippen LogP contribution in [-0.2, 0) is 11.2 Å². The van der Waals surface area contributed by atoms with Crippen LogP contribution >= 0.6 is 0 Å². The van der Waals surface area contributed by atoms with Gasteiger partial charge in [0.25, 0.3) is 0 Å². The smallest absolute Gasteiger partial charge is 0.354 e. The standard InChI is InChI=1S/C13H12N2O4/c16-12(17)6-2-1-3-8-11(6)7-4-9(13(18)19)14-5-10(7)15-8/h4-6,15H,1-3H2,(H,16,17)(H,18,19). The fraction of sp³-hybridized carbons (Fsp3) is 0.308. The van der Waals surface area contributed by atoms with E-state index in [1.807, 2.05) is 0 Å². The van der Waals surface area contributed by atoms with Crippen LogP contribution in [0.3, 0.4) is 0 Å². The van der Waals surface area contributed by atoms with Gasteiger partial charge >= 0.3 is 11.9 Å². The Morgan fingerprint density at radius 2 is 2.16 bits per heavy atom. The second kappa shape index (κ2) is 4.08. The van der Waals surface area contributed by atoms with Crippen LogP contribution in [0.2, 0.25) is 0 Å². The fourth-order valence-corrected chi connectivity index (χ4v) is 2.76. The van der Waals surface area contributed by atoms with Crippen LogP contribution in [0.5, 0.6) is 0 Å². The molecule has 98 valence electrons. The lowest BCUT2D eigenvalue weighted by Gasteiger charge is -2.19. The van der Waals surface area contributed by atoms with E-state index in [4.69, 9.17) is 5.11 Å². The van der Waals surface area contributed by atoms with Crippen LogP contribution in [0.25, 0.3) is 10.9 Å². The van der Waals surface area contributed by atoms with Crippen molar-refractivity contribution in [2.75, 3.05) is 0 Å². The molecule has 3 rings (SSSR count). The maximum atomic E-state index is 11.3. The second-order valence-electron chi connectivity index (χ2n) is 4.72. The number of fused-ring (bicyclic) bond motifs is 3. The van der Waals surface area contributed by atoms with Gasteiger partial charge in [-0.15, -0.1) is 0 Å². The highest BCUT2D eigenvalue weighted by Gasteiger charge is 2.30. The van der Waals surface area contributed by atoms with Crippen LogP contribution in [0.1, 0.15) is 40.5 Å². The summed E-state index contributed by atoms with van der Waals surface area (Å²) >= 11 is 0. The quantitative estimate of drug-likeness (QED) is 0.763. The Morgan fingerprint density at radius 1 is 1.37 bits per heavy atom. The molecule has 1 atom stereocenters. The van der Waals surface area contributed by atoms with Crippen LogP contribution < -0.4 is 0 Å². The Labute approximate surface area is 108 Å². The Kier molecular flexibility index (Phi) is 2.51. The number of aromatic nitrogens is 2. The molecule has 0 fully saturated rings. The highest BCUT2D eigenvalue weighted by molar-refractivity contribution is 5.95. The van der Waals surface area contributed by atoms with Crippen molar-refractivity contribution >= 4 is 22.8 Å². The zero-order valence-electron chi connectivity index (χ0n) is 10.0. The lowest BCUT2D eigenvalue weighted by Crippen LogP contribution is -2.17. The van der Waals surface area contributed by atoms with Crippen molar-refractivity contribution in [3.8, 4) is 0 Å². The van der Waals surface area contributed by atoms with Crippen molar-refractivity contribution in [1.82, 2.24) is 9.97 Å². The molecule has 0 saturated carbocycles. The second-order valence-corrected chi connectivity index (χ2v) is 4.72. The zero-order chi connectivity index (χ0) is 13.6. The van der Waals surface area contributed by atoms with E-state index in [2.05, 4.69) is 9.97 Å². The largest absolute Gasteiger partial charge is 0.481 e. The molecule has 0 aliphatic heterocycles. The van der Waals surface area contributed by atoms with Gasteiger partial charge in [-0.3, -0.25) is 4.79 Å². The van der Waals surface area contributed by atoms with Gasteiger partial charge in [0, 0.05) is 11.1 Å². The number of hydrogen-bond donors (Lipinski definition) is 3. The van der Waals surface area contributed by atoms with Crippen LogP contribution in [0.15, 0.2) is 12.3 Å². The summed E-state index contributed by atoms with van der Waals surface area (Å²) in [5.74, 6) is -2.54. The van der Waals surface area contributed by atoms with E-state index in [0.29, 0.717) is 17.3 Å². The van der Waals surface area contributed by atoms with Crippen molar-refractivity contribution in [3.63, 3.8) is 0 Å². The fourth-order valence-electron chi connectivity index (χ4n) is 2.76. The average Bonchev–Trinajstić information content (AvgIpc) is 2.75. The molecular formula is C13H12N2O4. The summed E-state index contributed by atoms with van der Waals surface area (Å²) in [4.78, 5) is 29.3. The lowest BCUT2D eigenvalue weighted by atomic mass is 9.85. The van der Waals surface area contributed by atoms with Gasteiger partial charge in [-0.05, 0) is 30.9 Å². The Balaban J connectivity index is 2.26. The third-order valence-electron chi connectivity index (χ3n) is 3.59. The molecule has 1 aliphatic rings. The summed E-state index contributed by atoms with van der Waals surface area (Å²) in [5.41, 5.74) is 2.24. The lowest BCUT2D eigenvalue weighted by molar-refractivity contribution is -0.139. The topological polar surface area (TPSA) is 103 Å². The summed E-state index contributed by atoms with van der Waals surface area (Å²) in [5, 5.41) is 18.9. The van der Waals surface area contributed by atoms with Gasteiger partial charge < -0.3 is 15.2 Å². The van der Waals surface area contributed by atoms with Gasteiger partial charge in [-0.25, -0.2) is 9.78 Å². The van der Waals surface area contributed by atoms with Gasteiger partial charge in [-0.2, -0.15) is 0 Å². The van der Waals surface area contributed by atoms with E-state index in [0.717, 1.165) is 24.1 Å². The third kappa shape index (κ3) is 1.76. The molecule has 6 heteroatoms. The van der Waals surface area contributed by atoms with E-state index in [1.54, 1.807) is 0 Å². The molecule has 1 unspecified atom stereocenters. The molecule has 0 radical (unpaired) electrons. The van der Waals surface area contributed by atoms with E-state index in [9.17, 15) is 14.7 Å². The molecular weight excluding hydrogens is 248 g/mol. The number of aromatic carboxylic acids is 1.